The number of nitrogens with one attached hydrogen (secondary N) is 2. The van der Waals surface area contributed by atoms with Gasteiger partial charge in [0.25, 0.3) is 0 Å². The molecule has 0 aliphatic carbocycles. The maximum Gasteiger partial charge on any atom is 0.221 e. The zero-order chi connectivity index (χ0) is 14.1. The number of nitrogens with zero attached hydrogens (tertiary/aromatic N) is 1. The van der Waals surface area contributed by atoms with E-state index >= 15 is 0 Å². The Kier molecular flexibility index (Phi) is 7.23. The summed E-state index contributed by atoms with van der Waals surface area (Å²) in [6.07, 6.45) is 2.67. The number of thioether (sulfide) groups is 1. The summed E-state index contributed by atoms with van der Waals surface area (Å²) in [6, 6.07) is 0. The molecule has 2 N–H and O–H groups in total. The van der Waals surface area contributed by atoms with Gasteiger partial charge in [-0.2, -0.15) is 0 Å². The minimum absolute atomic E-state index is 0.0282. The SMILES string of the molecule is CCC1(C)CCSC(=NCCC(=O)NCCOC)N1. The van der Waals surface area contributed by atoms with Gasteiger partial charge in [0, 0.05) is 31.4 Å². The van der Waals surface area contributed by atoms with Crippen molar-refractivity contribution in [2.24, 2.45) is 4.99 Å². The summed E-state index contributed by atoms with van der Waals surface area (Å²) in [5.74, 6) is 1.12. The Morgan fingerprint density at radius 1 is 1.63 bits per heavy atom. The number of carbonyl (C=O) groups is 1. The fourth-order valence-corrected chi connectivity index (χ4v) is 2.97. The molecule has 1 rings (SSSR count). The monoisotopic (exact) mass is 287 g/mol. The third-order valence-electron chi connectivity index (χ3n) is 3.30. The highest BCUT2D eigenvalue weighted by atomic mass is 32.2. The van der Waals surface area contributed by atoms with Crippen LogP contribution < -0.4 is 10.6 Å². The number of amidine groups is 1. The van der Waals surface area contributed by atoms with Crippen molar-refractivity contribution in [1.82, 2.24) is 10.6 Å². The maximum atomic E-state index is 11.5. The predicted octanol–water partition coefficient (Wildman–Crippen LogP) is 1.39. The van der Waals surface area contributed by atoms with Crippen LogP contribution in [0.25, 0.3) is 0 Å². The van der Waals surface area contributed by atoms with Crippen LogP contribution >= 0.6 is 11.8 Å². The lowest BCUT2D eigenvalue weighted by Gasteiger charge is -2.35. The van der Waals surface area contributed by atoms with E-state index in [1.54, 1.807) is 18.9 Å². The number of amides is 1. The molecule has 0 aromatic carbocycles. The molecule has 0 aromatic heterocycles. The topological polar surface area (TPSA) is 62.7 Å². The van der Waals surface area contributed by atoms with E-state index in [2.05, 4.69) is 29.5 Å². The molecule has 0 spiro atoms. The molecule has 1 saturated heterocycles. The lowest BCUT2D eigenvalue weighted by Crippen LogP contribution is -2.48. The molecule has 0 aromatic rings. The molecule has 6 heteroatoms. The van der Waals surface area contributed by atoms with Gasteiger partial charge in [0.05, 0.1) is 13.2 Å². The lowest BCUT2D eigenvalue weighted by atomic mass is 9.96. The molecule has 5 nitrogen and oxygen atoms in total. The molecule has 1 unspecified atom stereocenters. The Morgan fingerprint density at radius 3 is 3.11 bits per heavy atom. The number of aliphatic imine (C=N–C) groups is 1. The van der Waals surface area contributed by atoms with Crippen molar-refractivity contribution in [2.45, 2.75) is 38.6 Å². The zero-order valence-corrected chi connectivity index (χ0v) is 12.9. The fourth-order valence-electron chi connectivity index (χ4n) is 1.72. The number of methoxy groups -OCH3 is 1. The van der Waals surface area contributed by atoms with Crippen molar-refractivity contribution < 1.29 is 9.53 Å². The van der Waals surface area contributed by atoms with Gasteiger partial charge in [0.15, 0.2) is 5.17 Å². The summed E-state index contributed by atoms with van der Waals surface area (Å²) in [5, 5.41) is 7.23. The van der Waals surface area contributed by atoms with E-state index in [4.69, 9.17) is 4.74 Å². The number of ether oxygens (including phenoxy) is 1. The van der Waals surface area contributed by atoms with Gasteiger partial charge < -0.3 is 15.4 Å². The van der Waals surface area contributed by atoms with E-state index in [0.29, 0.717) is 26.1 Å². The first kappa shape index (κ1) is 16.3. The van der Waals surface area contributed by atoms with Gasteiger partial charge in [-0.1, -0.05) is 18.7 Å². The van der Waals surface area contributed by atoms with E-state index in [1.807, 2.05) is 0 Å². The van der Waals surface area contributed by atoms with Gasteiger partial charge in [-0.15, -0.1) is 0 Å². The van der Waals surface area contributed by atoms with E-state index in [-0.39, 0.29) is 11.4 Å². The molecular weight excluding hydrogens is 262 g/mol. The van der Waals surface area contributed by atoms with Gasteiger partial charge in [-0.3, -0.25) is 9.79 Å². The van der Waals surface area contributed by atoms with Crippen molar-refractivity contribution in [3.8, 4) is 0 Å². The van der Waals surface area contributed by atoms with Gasteiger partial charge in [-0.25, -0.2) is 0 Å². The summed E-state index contributed by atoms with van der Waals surface area (Å²) >= 11 is 1.74. The van der Waals surface area contributed by atoms with Crippen LogP contribution in [0.3, 0.4) is 0 Å². The molecule has 1 amide bonds. The number of carbonyl (C=O) groups excluding carboxylic acids is 1. The fraction of sp³-hybridized carbons (Fsp3) is 0.846. The first-order valence-electron chi connectivity index (χ1n) is 6.81. The molecule has 1 fully saturated rings. The second-order valence-electron chi connectivity index (χ2n) is 4.92. The molecule has 19 heavy (non-hydrogen) atoms. The van der Waals surface area contributed by atoms with Gasteiger partial charge in [-0.05, 0) is 19.8 Å². The Balaban J connectivity index is 2.26. The second kappa shape index (κ2) is 8.43. The highest BCUT2D eigenvalue weighted by molar-refractivity contribution is 8.13. The number of hydrogen-bond acceptors (Lipinski definition) is 4. The molecule has 1 aliphatic heterocycles. The third kappa shape index (κ3) is 6.29. The predicted molar refractivity (Wildman–Crippen MR) is 80.7 cm³/mol. The Labute approximate surface area is 120 Å². The third-order valence-corrected chi connectivity index (χ3v) is 4.22. The summed E-state index contributed by atoms with van der Waals surface area (Å²) in [6.45, 7) is 6.05. The van der Waals surface area contributed by atoms with Gasteiger partial charge in [0.2, 0.25) is 5.91 Å². The van der Waals surface area contributed by atoms with E-state index < -0.39 is 0 Å². The van der Waals surface area contributed by atoms with Crippen molar-refractivity contribution in [3.63, 3.8) is 0 Å². The van der Waals surface area contributed by atoms with Crippen LogP contribution in [0.5, 0.6) is 0 Å². The second-order valence-corrected chi connectivity index (χ2v) is 6.00. The normalized spacial score (nSPS) is 25.1. The maximum absolute atomic E-state index is 11.5. The molecule has 1 aliphatic rings. The van der Waals surface area contributed by atoms with Crippen LogP contribution in [0, 0.1) is 0 Å². The first-order chi connectivity index (χ1) is 9.09. The molecular formula is C13H25N3O2S. The summed E-state index contributed by atoms with van der Waals surface area (Å²) < 4.78 is 4.87. The van der Waals surface area contributed by atoms with Gasteiger partial charge in [0.1, 0.15) is 0 Å². The standard InChI is InChI=1S/C13H25N3O2S/c1-4-13(2)6-10-19-12(16-13)15-7-5-11(17)14-8-9-18-3/h4-10H2,1-3H3,(H,14,17)(H,15,16). The Bertz CT molecular complexity index is 323. The molecule has 110 valence electrons. The number of hydrogen-bond donors (Lipinski definition) is 2. The van der Waals surface area contributed by atoms with Crippen LogP contribution in [-0.4, -0.2) is 49.2 Å². The lowest BCUT2D eigenvalue weighted by molar-refractivity contribution is -0.121. The van der Waals surface area contributed by atoms with Crippen LogP contribution in [0.1, 0.15) is 33.1 Å². The largest absolute Gasteiger partial charge is 0.383 e. The van der Waals surface area contributed by atoms with E-state index in [9.17, 15) is 4.79 Å². The minimum atomic E-state index is 0.0282. The van der Waals surface area contributed by atoms with Crippen LogP contribution in [0.2, 0.25) is 0 Å². The van der Waals surface area contributed by atoms with E-state index in [1.165, 1.54) is 0 Å². The quantitative estimate of drug-likeness (QED) is 0.695. The minimum Gasteiger partial charge on any atom is -0.383 e. The van der Waals surface area contributed by atoms with Crippen molar-refractivity contribution in [2.75, 3.05) is 32.6 Å². The molecule has 0 bridgehead atoms. The van der Waals surface area contributed by atoms with Crippen molar-refractivity contribution >= 4 is 22.8 Å². The molecule has 1 heterocycles. The summed E-state index contributed by atoms with van der Waals surface area (Å²) in [7, 11) is 1.62. The highest BCUT2D eigenvalue weighted by Crippen LogP contribution is 2.24. The Morgan fingerprint density at radius 2 is 2.42 bits per heavy atom. The Hall–Kier alpha value is -0.750. The summed E-state index contributed by atoms with van der Waals surface area (Å²) in [4.78, 5) is 16.0. The average molecular weight is 287 g/mol. The van der Waals surface area contributed by atoms with E-state index in [0.717, 1.165) is 23.8 Å². The molecule has 1 atom stereocenters. The van der Waals surface area contributed by atoms with Gasteiger partial charge >= 0.3 is 0 Å². The van der Waals surface area contributed by atoms with Crippen LogP contribution in [0.4, 0.5) is 0 Å². The van der Waals surface area contributed by atoms with Crippen LogP contribution in [0.15, 0.2) is 4.99 Å². The first-order valence-corrected chi connectivity index (χ1v) is 7.79. The van der Waals surface area contributed by atoms with Crippen molar-refractivity contribution in [1.29, 1.82) is 0 Å². The van der Waals surface area contributed by atoms with Crippen LogP contribution in [-0.2, 0) is 9.53 Å². The molecule has 0 saturated carbocycles. The summed E-state index contributed by atoms with van der Waals surface area (Å²) in [5.41, 5.74) is 0.158. The van der Waals surface area contributed by atoms with Crippen molar-refractivity contribution in [3.05, 3.63) is 0 Å². The zero-order valence-electron chi connectivity index (χ0n) is 12.1. The molecule has 0 radical (unpaired) electrons. The average Bonchev–Trinajstić information content (AvgIpc) is 2.39. The number of rotatable bonds is 7. The smallest absolute Gasteiger partial charge is 0.221 e. The highest BCUT2D eigenvalue weighted by Gasteiger charge is 2.27.